The molecule has 0 fully saturated rings. The summed E-state index contributed by atoms with van der Waals surface area (Å²) in [6.45, 7) is 10.1. The number of halogens is 4. The second-order valence-electron chi connectivity index (χ2n) is 9.78. The Morgan fingerprint density at radius 3 is 2.28 bits per heavy atom. The second-order valence-corrected chi connectivity index (χ2v) is 10.6. The van der Waals surface area contributed by atoms with Crippen LogP contribution in [0.15, 0.2) is 28.7 Å². The minimum atomic E-state index is -4.35. The van der Waals surface area contributed by atoms with Crippen molar-refractivity contribution >= 4 is 33.2 Å². The molecule has 3 nitrogen and oxygen atoms in total. The van der Waals surface area contributed by atoms with E-state index in [0.717, 1.165) is 58.2 Å². The first-order valence-electron chi connectivity index (χ1n) is 10.8. The maximum atomic E-state index is 12.9. The van der Waals surface area contributed by atoms with E-state index in [2.05, 4.69) is 26.6 Å². The van der Waals surface area contributed by atoms with E-state index in [9.17, 15) is 18.0 Å². The molecular formula is C25H30BrF3N2O. The molecule has 2 N–H and O–H groups in total. The van der Waals surface area contributed by atoms with Gasteiger partial charge in [-0.15, -0.1) is 0 Å². The van der Waals surface area contributed by atoms with Gasteiger partial charge in [0.05, 0.1) is 11.6 Å². The Bertz CT molecular complexity index is 1010. The van der Waals surface area contributed by atoms with E-state index >= 15 is 0 Å². The number of fused-ring (bicyclic) bond motifs is 1. The van der Waals surface area contributed by atoms with Crippen molar-refractivity contribution in [2.24, 2.45) is 5.41 Å². The Balaban J connectivity index is 1.91. The quantitative estimate of drug-likeness (QED) is 0.438. The van der Waals surface area contributed by atoms with Crippen LogP contribution in [0, 0.1) is 19.3 Å². The predicted molar refractivity (Wildman–Crippen MR) is 127 cm³/mol. The van der Waals surface area contributed by atoms with Gasteiger partial charge in [-0.05, 0) is 85.0 Å². The Kier molecular flexibility index (Phi) is 6.99. The van der Waals surface area contributed by atoms with Crippen LogP contribution in [-0.4, -0.2) is 5.91 Å². The first kappa shape index (κ1) is 24.6. The Hall–Kier alpha value is -2.02. The fourth-order valence-electron chi connectivity index (χ4n) is 4.34. The van der Waals surface area contributed by atoms with Crippen molar-refractivity contribution in [3.63, 3.8) is 0 Å². The Morgan fingerprint density at radius 1 is 1.09 bits per heavy atom. The van der Waals surface area contributed by atoms with Gasteiger partial charge in [0.15, 0.2) is 0 Å². The van der Waals surface area contributed by atoms with Crippen molar-refractivity contribution in [3.8, 4) is 0 Å². The minimum absolute atomic E-state index is 0.00853. The molecule has 1 aliphatic rings. The van der Waals surface area contributed by atoms with Gasteiger partial charge in [-0.25, -0.2) is 0 Å². The van der Waals surface area contributed by atoms with Crippen LogP contribution in [0.1, 0.15) is 73.9 Å². The predicted octanol–water partition coefficient (Wildman–Crippen LogP) is 7.95. The lowest BCUT2D eigenvalue weighted by Gasteiger charge is -2.32. The third-order valence-corrected chi connectivity index (χ3v) is 6.89. The molecule has 1 atom stereocenters. The van der Waals surface area contributed by atoms with Gasteiger partial charge in [0.25, 0.3) is 0 Å². The molecule has 2 aromatic rings. The van der Waals surface area contributed by atoms with Gasteiger partial charge < -0.3 is 10.6 Å². The SMILES string of the molecule is Cc1c(Br)c2c(c(C)c1NC(=O)CC(C)(C)C)CCCC2Nc1ccc(C(F)(F)F)cc1. The van der Waals surface area contributed by atoms with Crippen molar-refractivity contribution in [2.75, 3.05) is 10.6 Å². The molecule has 1 amide bonds. The number of nitrogens with one attached hydrogen (secondary N) is 2. The van der Waals surface area contributed by atoms with Gasteiger partial charge >= 0.3 is 6.18 Å². The first-order valence-corrected chi connectivity index (χ1v) is 11.6. The molecule has 0 heterocycles. The van der Waals surface area contributed by atoms with Gasteiger partial charge in [0, 0.05) is 22.3 Å². The molecule has 2 aromatic carbocycles. The molecule has 0 radical (unpaired) electrons. The summed E-state index contributed by atoms with van der Waals surface area (Å²) in [6, 6.07) is 5.13. The number of hydrogen-bond donors (Lipinski definition) is 2. The highest BCUT2D eigenvalue weighted by atomic mass is 79.9. The fraction of sp³-hybridized carbons (Fsp3) is 0.480. The van der Waals surface area contributed by atoms with Crippen LogP contribution in [-0.2, 0) is 17.4 Å². The average Bonchev–Trinajstić information content (AvgIpc) is 2.68. The minimum Gasteiger partial charge on any atom is -0.378 e. The third-order valence-electron chi connectivity index (χ3n) is 5.87. The first-order chi connectivity index (χ1) is 14.8. The Morgan fingerprint density at radius 2 is 1.72 bits per heavy atom. The second kappa shape index (κ2) is 9.08. The molecule has 32 heavy (non-hydrogen) atoms. The van der Waals surface area contributed by atoms with E-state index in [-0.39, 0.29) is 17.4 Å². The molecule has 1 unspecified atom stereocenters. The van der Waals surface area contributed by atoms with Crippen molar-refractivity contribution in [2.45, 2.75) is 72.5 Å². The largest absolute Gasteiger partial charge is 0.416 e. The Labute approximate surface area is 196 Å². The molecule has 0 saturated carbocycles. The van der Waals surface area contributed by atoms with Crippen LogP contribution >= 0.6 is 15.9 Å². The molecule has 0 aromatic heterocycles. The molecule has 1 aliphatic carbocycles. The van der Waals surface area contributed by atoms with Crippen molar-refractivity contribution in [1.29, 1.82) is 0 Å². The molecule has 0 saturated heterocycles. The van der Waals surface area contributed by atoms with Gasteiger partial charge in [-0.2, -0.15) is 13.2 Å². The maximum Gasteiger partial charge on any atom is 0.416 e. The van der Waals surface area contributed by atoms with E-state index in [1.165, 1.54) is 17.7 Å². The number of benzene rings is 2. The van der Waals surface area contributed by atoms with E-state index in [4.69, 9.17) is 0 Å². The fourth-order valence-corrected chi connectivity index (χ4v) is 5.06. The van der Waals surface area contributed by atoms with Gasteiger partial charge in [-0.1, -0.05) is 36.7 Å². The van der Waals surface area contributed by atoms with Crippen molar-refractivity contribution in [3.05, 3.63) is 56.6 Å². The molecule has 0 aliphatic heterocycles. The smallest absolute Gasteiger partial charge is 0.378 e. The number of amides is 1. The zero-order chi connectivity index (χ0) is 23.8. The molecule has 0 bridgehead atoms. The summed E-state index contributed by atoms with van der Waals surface area (Å²) in [6.07, 6.45) is -1.19. The normalized spacial score (nSPS) is 16.5. The van der Waals surface area contributed by atoms with E-state index in [1.807, 2.05) is 34.6 Å². The van der Waals surface area contributed by atoms with Crippen LogP contribution in [0.3, 0.4) is 0 Å². The molecule has 7 heteroatoms. The summed E-state index contributed by atoms with van der Waals surface area (Å²) in [7, 11) is 0. The summed E-state index contributed by atoms with van der Waals surface area (Å²) < 4.78 is 39.6. The average molecular weight is 511 g/mol. The zero-order valence-electron chi connectivity index (χ0n) is 19.1. The monoisotopic (exact) mass is 510 g/mol. The van der Waals surface area contributed by atoms with E-state index in [0.29, 0.717) is 12.1 Å². The lowest BCUT2D eigenvalue weighted by molar-refractivity contribution is -0.137. The molecule has 3 rings (SSSR count). The summed E-state index contributed by atoms with van der Waals surface area (Å²) >= 11 is 3.75. The highest BCUT2D eigenvalue weighted by Gasteiger charge is 2.31. The van der Waals surface area contributed by atoms with Crippen LogP contribution in [0.5, 0.6) is 0 Å². The molecule has 0 spiro atoms. The molecular weight excluding hydrogens is 481 g/mol. The number of carbonyl (C=O) groups excluding carboxylic acids is 1. The van der Waals surface area contributed by atoms with Gasteiger partial charge in [0.1, 0.15) is 0 Å². The standard InChI is InChI=1S/C25H30BrF3N2O/c1-14-18-7-6-8-19(30-17-11-9-16(10-12-17)25(27,28)29)21(18)22(26)15(2)23(14)31-20(32)13-24(3,4)5/h9-12,19,30H,6-8,13H2,1-5H3,(H,31,32). The lowest BCUT2D eigenvalue weighted by atomic mass is 9.82. The molecule has 174 valence electrons. The van der Waals surface area contributed by atoms with Gasteiger partial charge in [0.2, 0.25) is 5.91 Å². The van der Waals surface area contributed by atoms with Crippen LogP contribution in [0.4, 0.5) is 24.5 Å². The van der Waals surface area contributed by atoms with Crippen LogP contribution in [0.2, 0.25) is 0 Å². The van der Waals surface area contributed by atoms with Crippen LogP contribution in [0.25, 0.3) is 0 Å². The van der Waals surface area contributed by atoms with E-state index in [1.54, 1.807) is 0 Å². The third kappa shape index (κ3) is 5.48. The summed E-state index contributed by atoms with van der Waals surface area (Å²) in [4.78, 5) is 12.6. The maximum absolute atomic E-state index is 12.9. The topological polar surface area (TPSA) is 41.1 Å². The number of anilines is 2. The van der Waals surface area contributed by atoms with Crippen LogP contribution < -0.4 is 10.6 Å². The zero-order valence-corrected chi connectivity index (χ0v) is 20.7. The summed E-state index contributed by atoms with van der Waals surface area (Å²) in [5.41, 5.74) is 5.07. The number of carbonyl (C=O) groups is 1. The number of hydrogen-bond acceptors (Lipinski definition) is 2. The highest BCUT2D eigenvalue weighted by Crippen LogP contribution is 2.44. The van der Waals surface area contributed by atoms with E-state index < -0.39 is 11.7 Å². The lowest BCUT2D eigenvalue weighted by Crippen LogP contribution is -2.23. The highest BCUT2D eigenvalue weighted by molar-refractivity contribution is 9.10. The number of rotatable bonds is 4. The van der Waals surface area contributed by atoms with Gasteiger partial charge in [-0.3, -0.25) is 4.79 Å². The summed E-state index contributed by atoms with van der Waals surface area (Å²) in [5, 5.41) is 6.53. The van der Waals surface area contributed by atoms with Crippen molar-refractivity contribution in [1.82, 2.24) is 0 Å². The number of alkyl halides is 3. The summed E-state index contributed by atoms with van der Waals surface area (Å²) in [5.74, 6) is -0.00853. The van der Waals surface area contributed by atoms with Crippen molar-refractivity contribution < 1.29 is 18.0 Å².